The van der Waals surface area contributed by atoms with Crippen LogP contribution in [-0.4, -0.2) is 29.5 Å². The zero-order valence-corrected chi connectivity index (χ0v) is 17.5. The number of aromatic amines is 1. The van der Waals surface area contributed by atoms with Crippen LogP contribution >= 0.6 is 0 Å². The molecule has 0 radical (unpaired) electrons. The van der Waals surface area contributed by atoms with Crippen molar-refractivity contribution < 1.29 is 0 Å². The maximum Gasteiger partial charge on any atom is 0.263 e. The highest BCUT2D eigenvalue weighted by atomic mass is 16.1. The molecule has 5 aromatic rings. The fourth-order valence-corrected chi connectivity index (χ4v) is 4.30. The molecule has 31 heavy (non-hydrogen) atoms. The Balaban J connectivity index is 1.64. The molecule has 1 aliphatic rings. The van der Waals surface area contributed by atoms with E-state index in [1.807, 2.05) is 49.6 Å². The molecule has 7 heteroatoms. The van der Waals surface area contributed by atoms with Crippen LogP contribution in [0.25, 0.3) is 38.8 Å². The van der Waals surface area contributed by atoms with Crippen LogP contribution in [0.2, 0.25) is 0 Å². The first kappa shape index (κ1) is 18.1. The average molecular weight is 410 g/mol. The Morgan fingerprint density at radius 2 is 2.00 bits per heavy atom. The van der Waals surface area contributed by atoms with Crippen molar-refractivity contribution >= 4 is 21.9 Å². The molecule has 7 nitrogen and oxygen atoms in total. The number of benzene rings is 1. The van der Waals surface area contributed by atoms with E-state index in [9.17, 15) is 4.79 Å². The lowest BCUT2D eigenvalue weighted by atomic mass is 10.0. The quantitative estimate of drug-likeness (QED) is 0.484. The molecule has 4 heterocycles. The predicted molar refractivity (Wildman–Crippen MR) is 121 cm³/mol. The molecule has 1 fully saturated rings. The van der Waals surface area contributed by atoms with Gasteiger partial charge in [0.2, 0.25) is 0 Å². The van der Waals surface area contributed by atoms with Crippen molar-refractivity contribution in [2.45, 2.75) is 32.1 Å². The SMILES string of the molecule is CCc1ccc(-n2c(=O)c(-c3ccc4nn(C)cc4c3)cc3n[nH]c(C4CC4)c32)cn1. The molecule has 1 saturated carbocycles. The Morgan fingerprint density at radius 3 is 2.74 bits per heavy atom. The molecule has 0 amide bonds. The molecule has 0 bridgehead atoms. The Morgan fingerprint density at radius 1 is 1.13 bits per heavy atom. The molecule has 1 N–H and O–H groups in total. The first-order valence-electron chi connectivity index (χ1n) is 10.7. The van der Waals surface area contributed by atoms with Gasteiger partial charge in [-0.25, -0.2) is 0 Å². The first-order chi connectivity index (χ1) is 15.1. The maximum absolute atomic E-state index is 13.8. The second-order valence-electron chi connectivity index (χ2n) is 8.28. The number of hydrogen-bond acceptors (Lipinski definition) is 4. The molecule has 0 unspecified atom stereocenters. The molecule has 1 aliphatic carbocycles. The van der Waals surface area contributed by atoms with Gasteiger partial charge >= 0.3 is 0 Å². The van der Waals surface area contributed by atoms with Crippen LogP contribution in [0.1, 0.15) is 37.1 Å². The average Bonchev–Trinajstić information content (AvgIpc) is 3.43. The molecular formula is C24H22N6O. The highest BCUT2D eigenvalue weighted by Gasteiger charge is 2.30. The van der Waals surface area contributed by atoms with Gasteiger partial charge < -0.3 is 0 Å². The lowest BCUT2D eigenvalue weighted by molar-refractivity contribution is 0.780. The molecule has 154 valence electrons. The summed E-state index contributed by atoms with van der Waals surface area (Å²) >= 11 is 0. The van der Waals surface area contributed by atoms with Crippen LogP contribution in [0, 0.1) is 0 Å². The van der Waals surface area contributed by atoms with Gasteiger partial charge in [-0.1, -0.05) is 13.0 Å². The lowest BCUT2D eigenvalue weighted by Crippen LogP contribution is -2.21. The first-order valence-corrected chi connectivity index (χ1v) is 10.7. The van der Waals surface area contributed by atoms with Crippen LogP contribution in [0.4, 0.5) is 0 Å². The topological polar surface area (TPSA) is 81.4 Å². The van der Waals surface area contributed by atoms with Crippen molar-refractivity contribution in [3.8, 4) is 16.8 Å². The number of pyridine rings is 2. The fraction of sp³-hybridized carbons (Fsp3) is 0.250. The minimum absolute atomic E-state index is 0.0647. The summed E-state index contributed by atoms with van der Waals surface area (Å²) in [6, 6.07) is 11.8. The third kappa shape index (κ3) is 2.88. The maximum atomic E-state index is 13.8. The van der Waals surface area contributed by atoms with E-state index in [2.05, 4.69) is 27.2 Å². The van der Waals surface area contributed by atoms with Crippen molar-refractivity contribution in [2.75, 3.05) is 0 Å². The summed E-state index contributed by atoms with van der Waals surface area (Å²) in [4.78, 5) is 18.4. The van der Waals surface area contributed by atoms with Crippen LogP contribution in [0.5, 0.6) is 0 Å². The zero-order valence-electron chi connectivity index (χ0n) is 17.5. The summed E-state index contributed by atoms with van der Waals surface area (Å²) < 4.78 is 3.56. The minimum Gasteiger partial charge on any atom is -0.279 e. The van der Waals surface area contributed by atoms with E-state index in [4.69, 9.17) is 0 Å². The van der Waals surface area contributed by atoms with Gasteiger partial charge in [-0.15, -0.1) is 0 Å². The predicted octanol–water partition coefficient (Wildman–Crippen LogP) is 4.10. The van der Waals surface area contributed by atoms with Crippen molar-refractivity contribution in [1.82, 2.24) is 29.5 Å². The van der Waals surface area contributed by atoms with Gasteiger partial charge in [0.25, 0.3) is 5.56 Å². The smallest absolute Gasteiger partial charge is 0.263 e. The van der Waals surface area contributed by atoms with Crippen LogP contribution < -0.4 is 5.56 Å². The van der Waals surface area contributed by atoms with Gasteiger partial charge in [-0.05, 0) is 55.2 Å². The van der Waals surface area contributed by atoms with Crippen molar-refractivity contribution in [2.24, 2.45) is 7.05 Å². The van der Waals surface area contributed by atoms with E-state index >= 15 is 0 Å². The Bertz CT molecular complexity index is 1500. The number of aryl methyl sites for hydroxylation is 2. The number of fused-ring (bicyclic) bond motifs is 2. The van der Waals surface area contributed by atoms with E-state index in [0.29, 0.717) is 11.5 Å². The summed E-state index contributed by atoms with van der Waals surface area (Å²) in [6.45, 7) is 2.07. The number of nitrogens with zero attached hydrogens (tertiary/aromatic N) is 5. The van der Waals surface area contributed by atoms with E-state index in [0.717, 1.165) is 63.8 Å². The number of rotatable bonds is 4. The Labute approximate surface area is 178 Å². The number of nitrogens with one attached hydrogen (secondary N) is 1. The standard InChI is InChI=1S/C24H22N6O/c1-3-17-7-8-18(12-25-17)30-23-21(26-27-22(23)14-4-5-14)11-19(24(30)31)15-6-9-20-16(10-15)13-29(2)28-20/h6-14H,3-5H2,1-2H3,(H,26,27). The van der Waals surface area contributed by atoms with Gasteiger partial charge in [0.1, 0.15) is 5.52 Å². The highest BCUT2D eigenvalue weighted by Crippen LogP contribution is 2.42. The molecule has 4 aromatic heterocycles. The molecule has 0 spiro atoms. The minimum atomic E-state index is -0.0647. The van der Waals surface area contributed by atoms with Crippen LogP contribution in [-0.2, 0) is 13.5 Å². The Hall–Kier alpha value is -3.74. The van der Waals surface area contributed by atoms with Gasteiger partial charge in [-0.3, -0.25) is 24.1 Å². The third-order valence-corrected chi connectivity index (χ3v) is 6.08. The van der Waals surface area contributed by atoms with Crippen molar-refractivity contribution in [3.05, 3.63) is 70.5 Å². The Kier molecular flexibility index (Phi) is 3.86. The molecule has 6 rings (SSSR count). The summed E-state index contributed by atoms with van der Waals surface area (Å²) in [6.07, 6.45) is 6.85. The normalized spacial score (nSPS) is 14.0. The van der Waals surface area contributed by atoms with Gasteiger partial charge in [-0.2, -0.15) is 10.2 Å². The molecular weight excluding hydrogens is 388 g/mol. The molecule has 0 saturated heterocycles. The summed E-state index contributed by atoms with van der Waals surface area (Å²) in [5, 5.41) is 13.2. The lowest BCUT2D eigenvalue weighted by Gasteiger charge is -2.12. The van der Waals surface area contributed by atoms with E-state index < -0.39 is 0 Å². The largest absolute Gasteiger partial charge is 0.279 e. The summed E-state index contributed by atoms with van der Waals surface area (Å²) in [5.41, 5.74) is 6.78. The summed E-state index contributed by atoms with van der Waals surface area (Å²) in [7, 11) is 1.90. The van der Waals surface area contributed by atoms with Gasteiger partial charge in [0.05, 0.1) is 28.6 Å². The molecule has 0 aliphatic heterocycles. The molecule has 0 atom stereocenters. The number of hydrogen-bond donors (Lipinski definition) is 1. The highest BCUT2D eigenvalue weighted by molar-refractivity contribution is 5.88. The van der Waals surface area contributed by atoms with Crippen LogP contribution in [0.3, 0.4) is 0 Å². The zero-order chi connectivity index (χ0) is 21.1. The molecule has 1 aromatic carbocycles. The van der Waals surface area contributed by atoms with E-state index in [1.54, 1.807) is 15.4 Å². The van der Waals surface area contributed by atoms with Crippen molar-refractivity contribution in [3.63, 3.8) is 0 Å². The van der Waals surface area contributed by atoms with E-state index in [-0.39, 0.29) is 5.56 Å². The monoisotopic (exact) mass is 410 g/mol. The van der Waals surface area contributed by atoms with Gasteiger partial charge in [0, 0.05) is 35.8 Å². The number of H-pyrrole nitrogens is 1. The third-order valence-electron chi connectivity index (χ3n) is 6.08. The fourth-order valence-electron chi connectivity index (χ4n) is 4.30. The second kappa shape index (κ2) is 6.63. The van der Waals surface area contributed by atoms with E-state index in [1.165, 1.54) is 0 Å². The van der Waals surface area contributed by atoms with Crippen LogP contribution in [0.15, 0.2) is 53.6 Å². The van der Waals surface area contributed by atoms with Crippen molar-refractivity contribution in [1.29, 1.82) is 0 Å². The summed E-state index contributed by atoms with van der Waals surface area (Å²) in [5.74, 6) is 0.441. The second-order valence-corrected chi connectivity index (χ2v) is 8.28. The van der Waals surface area contributed by atoms with Gasteiger partial charge in [0.15, 0.2) is 0 Å². The number of aromatic nitrogens is 6.